The van der Waals surface area contributed by atoms with Crippen molar-refractivity contribution in [2.24, 2.45) is 0 Å². The van der Waals surface area contributed by atoms with Crippen LogP contribution in [0.4, 0.5) is 13.6 Å². The van der Waals surface area contributed by atoms with E-state index in [9.17, 15) is 18.7 Å². The van der Waals surface area contributed by atoms with Gasteiger partial charge in [0.05, 0.1) is 12.3 Å². The van der Waals surface area contributed by atoms with Crippen LogP contribution in [0.1, 0.15) is 43.7 Å². The first kappa shape index (κ1) is 17.9. The number of aliphatic hydroxyl groups is 1. The Bertz CT molecular complexity index is 676. The number of rotatable bonds is 6. The molecule has 3 atom stereocenters. The Morgan fingerprint density at radius 1 is 1.21 bits per heavy atom. The summed E-state index contributed by atoms with van der Waals surface area (Å²) in [5.41, 5.74) is 0.451. The highest BCUT2D eigenvalue weighted by atomic mass is 19.2. The van der Waals surface area contributed by atoms with Gasteiger partial charge in [0.15, 0.2) is 11.6 Å². The Morgan fingerprint density at radius 2 is 1.96 bits per heavy atom. The van der Waals surface area contributed by atoms with Gasteiger partial charge in [-0.05, 0) is 43.7 Å². The van der Waals surface area contributed by atoms with Crippen LogP contribution in [0, 0.1) is 11.6 Å². The van der Waals surface area contributed by atoms with E-state index in [1.807, 2.05) is 0 Å². The molecule has 0 bridgehead atoms. The van der Waals surface area contributed by atoms with E-state index in [-0.39, 0.29) is 12.5 Å². The molecule has 24 heavy (non-hydrogen) atoms. The van der Waals surface area contributed by atoms with Crippen molar-refractivity contribution in [1.29, 1.82) is 0 Å². The lowest BCUT2D eigenvalue weighted by Crippen LogP contribution is -2.42. The molecule has 0 aliphatic rings. The van der Waals surface area contributed by atoms with Crippen LogP contribution in [0.3, 0.4) is 0 Å². The first-order valence-corrected chi connectivity index (χ1v) is 7.60. The van der Waals surface area contributed by atoms with E-state index in [4.69, 9.17) is 4.42 Å². The summed E-state index contributed by atoms with van der Waals surface area (Å²) in [4.78, 5) is 12.0. The topological polar surface area (TPSA) is 74.5 Å². The zero-order chi connectivity index (χ0) is 17.7. The van der Waals surface area contributed by atoms with Gasteiger partial charge in [-0.15, -0.1) is 0 Å². The van der Waals surface area contributed by atoms with E-state index in [0.717, 1.165) is 12.1 Å². The molecule has 0 aliphatic carbocycles. The van der Waals surface area contributed by atoms with Gasteiger partial charge in [0.1, 0.15) is 11.9 Å². The Kier molecular flexibility index (Phi) is 5.92. The first-order chi connectivity index (χ1) is 11.4. The molecule has 3 N–H and O–H groups in total. The minimum Gasteiger partial charge on any atom is -0.467 e. The maximum Gasteiger partial charge on any atom is 0.315 e. The second-order valence-corrected chi connectivity index (χ2v) is 5.68. The highest BCUT2D eigenvalue weighted by Crippen LogP contribution is 2.19. The number of aliphatic hydroxyl groups excluding tert-OH is 1. The van der Waals surface area contributed by atoms with E-state index < -0.39 is 29.8 Å². The van der Waals surface area contributed by atoms with Crippen LogP contribution >= 0.6 is 0 Å². The SMILES string of the molecule is CC(CC(O)c1ccco1)NC(=O)NC(C)c1ccc(F)c(F)c1. The quantitative estimate of drug-likeness (QED) is 0.755. The van der Waals surface area contributed by atoms with E-state index in [1.54, 1.807) is 26.0 Å². The van der Waals surface area contributed by atoms with Gasteiger partial charge in [0, 0.05) is 12.5 Å². The molecule has 130 valence electrons. The summed E-state index contributed by atoms with van der Waals surface area (Å²) in [6.45, 7) is 3.41. The third-order valence-electron chi connectivity index (χ3n) is 3.62. The second-order valence-electron chi connectivity index (χ2n) is 5.68. The number of carbonyl (C=O) groups is 1. The minimum atomic E-state index is -0.962. The summed E-state index contributed by atoms with van der Waals surface area (Å²) in [6.07, 6.45) is 0.923. The lowest BCUT2D eigenvalue weighted by Gasteiger charge is -2.20. The number of halogens is 2. The predicted molar refractivity (Wildman–Crippen MR) is 84.2 cm³/mol. The summed E-state index contributed by atoms with van der Waals surface area (Å²) < 4.78 is 31.3. The van der Waals surface area contributed by atoms with Gasteiger partial charge in [0.25, 0.3) is 0 Å². The Morgan fingerprint density at radius 3 is 2.58 bits per heavy atom. The molecule has 2 aromatic rings. The average Bonchev–Trinajstić information content (AvgIpc) is 3.03. The molecule has 1 aromatic heterocycles. The first-order valence-electron chi connectivity index (χ1n) is 7.60. The molecular weight excluding hydrogens is 318 g/mol. The summed E-state index contributed by atoms with van der Waals surface area (Å²) in [7, 11) is 0. The molecule has 0 aliphatic heterocycles. The minimum absolute atomic E-state index is 0.278. The highest BCUT2D eigenvalue weighted by Gasteiger charge is 2.18. The molecule has 0 saturated heterocycles. The molecule has 3 unspecified atom stereocenters. The Balaban J connectivity index is 1.84. The molecular formula is C17H20F2N2O3. The smallest absolute Gasteiger partial charge is 0.315 e. The van der Waals surface area contributed by atoms with Crippen molar-refractivity contribution in [2.45, 2.75) is 38.5 Å². The Labute approximate surface area is 138 Å². The van der Waals surface area contributed by atoms with Crippen molar-refractivity contribution < 1.29 is 23.1 Å². The van der Waals surface area contributed by atoms with Crippen molar-refractivity contribution in [3.05, 3.63) is 59.6 Å². The van der Waals surface area contributed by atoms with E-state index >= 15 is 0 Å². The number of hydrogen-bond donors (Lipinski definition) is 3. The second kappa shape index (κ2) is 7.92. The van der Waals surface area contributed by atoms with Gasteiger partial charge in [-0.25, -0.2) is 13.6 Å². The number of nitrogens with one attached hydrogen (secondary N) is 2. The van der Waals surface area contributed by atoms with Crippen LogP contribution in [0.5, 0.6) is 0 Å². The molecule has 2 rings (SSSR count). The molecule has 0 fully saturated rings. The number of furan rings is 1. The number of benzene rings is 1. The van der Waals surface area contributed by atoms with Crippen LogP contribution < -0.4 is 10.6 Å². The van der Waals surface area contributed by atoms with E-state index in [1.165, 1.54) is 12.3 Å². The number of hydrogen-bond acceptors (Lipinski definition) is 3. The zero-order valence-corrected chi connectivity index (χ0v) is 13.4. The van der Waals surface area contributed by atoms with E-state index in [0.29, 0.717) is 11.3 Å². The third kappa shape index (κ3) is 4.79. The van der Waals surface area contributed by atoms with Gasteiger partial charge in [-0.2, -0.15) is 0 Å². The van der Waals surface area contributed by atoms with Crippen molar-refractivity contribution in [2.75, 3.05) is 0 Å². The van der Waals surface area contributed by atoms with Gasteiger partial charge >= 0.3 is 6.03 Å². The standard InChI is InChI=1S/C17H20F2N2O3/c1-10(8-15(22)16-4-3-7-24-16)20-17(23)21-11(2)12-5-6-13(18)14(19)9-12/h3-7,9-11,15,22H,8H2,1-2H3,(H2,20,21,23). The molecule has 5 nitrogen and oxygen atoms in total. The van der Waals surface area contributed by atoms with Crippen LogP contribution in [0.2, 0.25) is 0 Å². The molecule has 0 radical (unpaired) electrons. The van der Waals surface area contributed by atoms with Crippen LogP contribution in [-0.4, -0.2) is 17.2 Å². The van der Waals surface area contributed by atoms with Crippen LogP contribution in [0.15, 0.2) is 41.0 Å². The van der Waals surface area contributed by atoms with Crippen molar-refractivity contribution >= 4 is 6.03 Å². The fourth-order valence-corrected chi connectivity index (χ4v) is 2.32. The highest BCUT2D eigenvalue weighted by molar-refractivity contribution is 5.74. The lowest BCUT2D eigenvalue weighted by molar-refractivity contribution is 0.129. The number of urea groups is 1. The van der Waals surface area contributed by atoms with Crippen molar-refractivity contribution in [1.82, 2.24) is 10.6 Å². The van der Waals surface area contributed by atoms with Crippen LogP contribution in [-0.2, 0) is 0 Å². The molecule has 0 saturated carbocycles. The van der Waals surface area contributed by atoms with E-state index in [2.05, 4.69) is 10.6 Å². The monoisotopic (exact) mass is 338 g/mol. The predicted octanol–water partition coefficient (Wildman–Crippen LogP) is 3.43. The molecule has 1 heterocycles. The van der Waals surface area contributed by atoms with Gasteiger partial charge < -0.3 is 20.2 Å². The fraction of sp³-hybridized carbons (Fsp3) is 0.353. The largest absolute Gasteiger partial charge is 0.467 e. The maximum atomic E-state index is 13.2. The third-order valence-corrected chi connectivity index (χ3v) is 3.62. The summed E-state index contributed by atoms with van der Waals surface area (Å²) >= 11 is 0. The molecule has 2 amide bonds. The van der Waals surface area contributed by atoms with Crippen LogP contribution in [0.25, 0.3) is 0 Å². The van der Waals surface area contributed by atoms with Crippen molar-refractivity contribution in [3.8, 4) is 0 Å². The Hall–Kier alpha value is -2.41. The number of amides is 2. The van der Waals surface area contributed by atoms with Gasteiger partial charge in [-0.3, -0.25) is 0 Å². The van der Waals surface area contributed by atoms with Gasteiger partial charge in [-0.1, -0.05) is 6.07 Å². The average molecular weight is 338 g/mol. The van der Waals surface area contributed by atoms with Crippen molar-refractivity contribution in [3.63, 3.8) is 0 Å². The number of carbonyl (C=O) groups excluding carboxylic acids is 1. The maximum absolute atomic E-state index is 13.2. The molecule has 0 spiro atoms. The summed E-state index contributed by atoms with van der Waals surface area (Å²) in [6, 6.07) is 5.52. The summed E-state index contributed by atoms with van der Waals surface area (Å²) in [5.74, 6) is -1.47. The lowest BCUT2D eigenvalue weighted by atomic mass is 10.1. The normalized spacial score (nSPS) is 14.7. The molecule has 1 aromatic carbocycles. The summed E-state index contributed by atoms with van der Waals surface area (Å²) in [5, 5.41) is 15.3. The molecule has 7 heteroatoms. The fourth-order valence-electron chi connectivity index (χ4n) is 2.32. The van der Waals surface area contributed by atoms with Gasteiger partial charge in [0.2, 0.25) is 0 Å². The zero-order valence-electron chi connectivity index (χ0n) is 13.4.